The fraction of sp³-hybridized carbons (Fsp3) is 0.520. The molecular weight excluding hydrogens is 482 g/mol. The number of primary amides is 1. The van der Waals surface area contributed by atoms with Crippen LogP contribution in [0.2, 0.25) is 0 Å². The van der Waals surface area contributed by atoms with Crippen LogP contribution in [0.4, 0.5) is 11.6 Å². The third-order valence-corrected chi connectivity index (χ3v) is 7.73. The molecule has 1 aromatic carbocycles. The van der Waals surface area contributed by atoms with Gasteiger partial charge >= 0.3 is 0 Å². The van der Waals surface area contributed by atoms with Crippen LogP contribution in [-0.2, 0) is 11.2 Å². The lowest BCUT2D eigenvalue weighted by Gasteiger charge is -2.28. The maximum atomic E-state index is 12.7. The van der Waals surface area contributed by atoms with Crippen LogP contribution in [-0.4, -0.2) is 46.7 Å². The van der Waals surface area contributed by atoms with Gasteiger partial charge in [0.25, 0.3) is 0 Å². The zero-order valence-electron chi connectivity index (χ0n) is 19.1. The number of carbonyl (C=O) groups is 2. The van der Waals surface area contributed by atoms with E-state index in [-0.39, 0.29) is 23.5 Å². The first-order chi connectivity index (χ1) is 15.9. The Hall–Kier alpha value is -2.32. The highest BCUT2D eigenvalue weighted by molar-refractivity contribution is 9.10. The minimum Gasteiger partial charge on any atom is -0.369 e. The van der Waals surface area contributed by atoms with Gasteiger partial charge in [0.05, 0.1) is 10.2 Å². The fourth-order valence-electron chi connectivity index (χ4n) is 5.02. The Labute approximate surface area is 203 Å². The molecule has 2 heterocycles. The average molecular weight is 514 g/mol. The summed E-state index contributed by atoms with van der Waals surface area (Å²) in [5, 5.41) is 3.23. The molecular formula is C25H32BrN5O2. The van der Waals surface area contributed by atoms with Crippen molar-refractivity contribution < 1.29 is 9.59 Å². The van der Waals surface area contributed by atoms with E-state index in [1.807, 2.05) is 24.3 Å². The first-order valence-electron chi connectivity index (χ1n) is 11.8. The zero-order chi connectivity index (χ0) is 23.4. The molecule has 8 heteroatoms. The van der Waals surface area contributed by atoms with Gasteiger partial charge in [0.2, 0.25) is 11.9 Å². The van der Waals surface area contributed by atoms with E-state index in [2.05, 4.69) is 43.2 Å². The molecule has 4 rings (SSSR count). The molecule has 3 N–H and O–H groups in total. The quantitative estimate of drug-likeness (QED) is 0.509. The smallest absolute Gasteiger partial charge is 0.227 e. The Morgan fingerprint density at radius 3 is 2.58 bits per heavy atom. The minimum absolute atomic E-state index is 0.0807. The summed E-state index contributed by atoms with van der Waals surface area (Å²) in [5.41, 5.74) is 8.03. The minimum atomic E-state index is -0.216. The molecule has 1 aliphatic heterocycles. The summed E-state index contributed by atoms with van der Waals surface area (Å²) in [6.45, 7) is 2.14. The molecule has 0 unspecified atom stereocenters. The van der Waals surface area contributed by atoms with Gasteiger partial charge in [-0.3, -0.25) is 9.59 Å². The number of carbonyl (C=O) groups excluding carboxylic acids is 2. The summed E-state index contributed by atoms with van der Waals surface area (Å²) < 4.78 is 0.832. The van der Waals surface area contributed by atoms with Crippen molar-refractivity contribution in [3.63, 3.8) is 0 Å². The van der Waals surface area contributed by atoms with Crippen molar-refractivity contribution in [1.82, 2.24) is 14.9 Å². The number of hydrogen-bond acceptors (Lipinski definition) is 6. The number of ketones is 1. The van der Waals surface area contributed by atoms with E-state index in [1.54, 1.807) is 6.20 Å². The van der Waals surface area contributed by atoms with Crippen molar-refractivity contribution in [3.05, 3.63) is 46.2 Å². The molecule has 1 saturated heterocycles. The second-order valence-corrected chi connectivity index (χ2v) is 10.3. The highest BCUT2D eigenvalue weighted by atomic mass is 79.9. The maximum Gasteiger partial charge on any atom is 0.227 e. The van der Waals surface area contributed by atoms with Crippen molar-refractivity contribution in [1.29, 1.82) is 0 Å². The monoisotopic (exact) mass is 513 g/mol. The second kappa shape index (κ2) is 10.7. The van der Waals surface area contributed by atoms with Gasteiger partial charge in [-0.15, -0.1) is 0 Å². The lowest BCUT2D eigenvalue weighted by molar-refractivity contribution is -0.122. The number of anilines is 2. The topological polar surface area (TPSA) is 101 Å². The molecule has 2 atom stereocenters. The predicted octanol–water partition coefficient (Wildman–Crippen LogP) is 4.34. The number of likely N-dealkylation sites (tertiary alicyclic amines) is 1. The van der Waals surface area contributed by atoms with Gasteiger partial charge in [0, 0.05) is 29.8 Å². The number of Topliss-reactive ketones (excluding diaryl/α,β-unsaturated/α-hetero) is 1. The van der Waals surface area contributed by atoms with Crippen LogP contribution in [0, 0.1) is 17.8 Å². The fourth-order valence-corrected chi connectivity index (χ4v) is 5.38. The van der Waals surface area contributed by atoms with Crippen LogP contribution in [0.25, 0.3) is 0 Å². The molecule has 33 heavy (non-hydrogen) atoms. The summed E-state index contributed by atoms with van der Waals surface area (Å²) in [4.78, 5) is 35.8. The van der Waals surface area contributed by atoms with E-state index < -0.39 is 0 Å². The highest BCUT2D eigenvalue weighted by Gasteiger charge is 2.32. The number of amides is 1. The van der Waals surface area contributed by atoms with Crippen molar-refractivity contribution >= 4 is 39.3 Å². The van der Waals surface area contributed by atoms with Gasteiger partial charge in [-0.2, -0.15) is 0 Å². The molecule has 1 aliphatic carbocycles. The standard InChI is InChI=1S/C25H32BrN5O2/c1-31-11-9-16(10-12-31)13-23(32)17-5-7-19(8-6-17)29-25-28-15-21(26)22(30-25)14-18-3-2-4-20(18)24(27)33/h5-8,15-16,18,20H,2-4,9-14H2,1H3,(H2,27,33)(H,28,29,30)/t18-,20-/m0/s1. The molecule has 176 valence electrons. The normalized spacial score (nSPS) is 21.8. The zero-order valence-corrected chi connectivity index (χ0v) is 20.7. The van der Waals surface area contributed by atoms with Gasteiger partial charge in [-0.25, -0.2) is 9.97 Å². The molecule has 0 spiro atoms. The number of nitrogens with one attached hydrogen (secondary N) is 1. The van der Waals surface area contributed by atoms with E-state index in [0.29, 0.717) is 24.7 Å². The Bertz CT molecular complexity index is 989. The number of piperidine rings is 1. The average Bonchev–Trinajstić information content (AvgIpc) is 3.27. The summed E-state index contributed by atoms with van der Waals surface area (Å²) in [7, 11) is 2.13. The van der Waals surface area contributed by atoms with Crippen molar-refractivity contribution in [2.45, 2.75) is 44.9 Å². The molecule has 0 bridgehead atoms. The summed E-state index contributed by atoms with van der Waals surface area (Å²) in [6.07, 6.45) is 8.09. The van der Waals surface area contributed by atoms with Crippen LogP contribution in [0.5, 0.6) is 0 Å². The summed E-state index contributed by atoms with van der Waals surface area (Å²) in [5.74, 6) is 1.10. The highest BCUT2D eigenvalue weighted by Crippen LogP contribution is 2.35. The number of halogens is 1. The molecule has 2 aromatic rings. The van der Waals surface area contributed by atoms with Gasteiger partial charge in [-0.1, -0.05) is 6.42 Å². The van der Waals surface area contributed by atoms with Crippen molar-refractivity contribution in [2.24, 2.45) is 23.5 Å². The number of hydrogen-bond donors (Lipinski definition) is 2. The van der Waals surface area contributed by atoms with E-state index in [9.17, 15) is 9.59 Å². The maximum absolute atomic E-state index is 12.7. The van der Waals surface area contributed by atoms with Crippen molar-refractivity contribution in [3.8, 4) is 0 Å². The van der Waals surface area contributed by atoms with Crippen LogP contribution in [0.3, 0.4) is 0 Å². The Balaban J connectivity index is 1.37. The third-order valence-electron chi connectivity index (χ3n) is 7.07. The molecule has 0 radical (unpaired) electrons. The lowest BCUT2D eigenvalue weighted by atomic mass is 9.90. The number of nitrogens with zero attached hydrogens (tertiary/aromatic N) is 3. The number of nitrogens with two attached hydrogens (primary N) is 1. The SMILES string of the molecule is CN1CCC(CC(=O)c2ccc(Nc3ncc(Br)c(C[C@@H]4CCC[C@@H]4C(N)=O)n3)cc2)CC1. The van der Waals surface area contributed by atoms with Crippen LogP contribution in [0.15, 0.2) is 34.9 Å². The number of aromatic nitrogens is 2. The van der Waals surface area contributed by atoms with Gasteiger partial charge in [-0.05, 0) is 104 Å². The number of rotatable bonds is 8. The Kier molecular flexibility index (Phi) is 7.75. The Morgan fingerprint density at radius 1 is 1.15 bits per heavy atom. The molecule has 2 aliphatic rings. The first-order valence-corrected chi connectivity index (χ1v) is 12.6. The van der Waals surface area contributed by atoms with Crippen LogP contribution < -0.4 is 11.1 Å². The molecule has 2 fully saturated rings. The second-order valence-electron chi connectivity index (χ2n) is 9.47. The lowest BCUT2D eigenvalue weighted by Crippen LogP contribution is -2.31. The molecule has 1 amide bonds. The Morgan fingerprint density at radius 2 is 1.88 bits per heavy atom. The van der Waals surface area contributed by atoms with Gasteiger partial charge < -0.3 is 16.0 Å². The van der Waals surface area contributed by atoms with Gasteiger partial charge in [0.15, 0.2) is 5.78 Å². The van der Waals surface area contributed by atoms with Crippen LogP contribution in [0.1, 0.15) is 54.6 Å². The summed E-state index contributed by atoms with van der Waals surface area (Å²) >= 11 is 3.54. The third kappa shape index (κ3) is 6.18. The van der Waals surface area contributed by atoms with Gasteiger partial charge in [0.1, 0.15) is 0 Å². The van der Waals surface area contributed by atoms with Crippen LogP contribution >= 0.6 is 15.9 Å². The predicted molar refractivity (Wildman–Crippen MR) is 132 cm³/mol. The van der Waals surface area contributed by atoms with Crippen molar-refractivity contribution in [2.75, 3.05) is 25.5 Å². The molecule has 1 aromatic heterocycles. The largest absolute Gasteiger partial charge is 0.369 e. The first kappa shape index (κ1) is 23.8. The molecule has 7 nitrogen and oxygen atoms in total. The van der Waals surface area contributed by atoms with E-state index >= 15 is 0 Å². The molecule has 1 saturated carbocycles. The number of benzene rings is 1. The van der Waals surface area contributed by atoms with E-state index in [0.717, 1.165) is 66.6 Å². The van der Waals surface area contributed by atoms with E-state index in [4.69, 9.17) is 5.73 Å². The summed E-state index contributed by atoms with van der Waals surface area (Å²) in [6, 6.07) is 7.53. The van der Waals surface area contributed by atoms with E-state index in [1.165, 1.54) is 0 Å².